The minimum absolute atomic E-state index is 0.0196. The molecule has 0 aliphatic heterocycles. The van der Waals surface area contributed by atoms with Crippen molar-refractivity contribution < 1.29 is 9.90 Å². The van der Waals surface area contributed by atoms with Crippen molar-refractivity contribution in [2.24, 2.45) is 0 Å². The van der Waals surface area contributed by atoms with Crippen LogP contribution in [0.1, 0.15) is 20.3 Å². The SMILES string of the molecule is C=C(C)/C=C\C=C(/CO)C(=O)CC. The Morgan fingerprint density at radius 3 is 2.54 bits per heavy atom. The Morgan fingerprint density at radius 2 is 2.15 bits per heavy atom. The van der Waals surface area contributed by atoms with Gasteiger partial charge in [0.2, 0.25) is 0 Å². The maximum atomic E-state index is 11.1. The first-order valence-electron chi connectivity index (χ1n) is 4.28. The van der Waals surface area contributed by atoms with Gasteiger partial charge in [-0.2, -0.15) is 0 Å². The van der Waals surface area contributed by atoms with E-state index in [2.05, 4.69) is 6.58 Å². The van der Waals surface area contributed by atoms with E-state index in [4.69, 9.17) is 5.11 Å². The lowest BCUT2D eigenvalue weighted by Crippen LogP contribution is -2.04. The van der Waals surface area contributed by atoms with Gasteiger partial charge in [-0.05, 0) is 6.92 Å². The Kier molecular flexibility index (Phi) is 5.81. The van der Waals surface area contributed by atoms with E-state index >= 15 is 0 Å². The second-order valence-corrected chi connectivity index (χ2v) is 2.83. The molecule has 0 unspecified atom stereocenters. The summed E-state index contributed by atoms with van der Waals surface area (Å²) in [5.41, 5.74) is 1.36. The molecule has 0 fully saturated rings. The molecule has 13 heavy (non-hydrogen) atoms. The van der Waals surface area contributed by atoms with Crippen molar-refractivity contribution in [1.82, 2.24) is 0 Å². The Bertz CT molecular complexity index is 247. The Morgan fingerprint density at radius 1 is 1.54 bits per heavy atom. The summed E-state index contributed by atoms with van der Waals surface area (Å²) >= 11 is 0. The highest BCUT2D eigenvalue weighted by molar-refractivity contribution is 5.95. The zero-order chi connectivity index (χ0) is 10.3. The largest absolute Gasteiger partial charge is 0.392 e. The quantitative estimate of drug-likeness (QED) is 0.519. The Hall–Kier alpha value is -1.15. The molecule has 0 aromatic rings. The van der Waals surface area contributed by atoms with Crippen LogP contribution in [0, 0.1) is 0 Å². The molecular formula is C11H16O2. The van der Waals surface area contributed by atoms with Gasteiger partial charge in [0.15, 0.2) is 5.78 Å². The van der Waals surface area contributed by atoms with Crippen molar-refractivity contribution in [1.29, 1.82) is 0 Å². The normalized spacial score (nSPS) is 12.1. The number of carbonyl (C=O) groups excluding carboxylic acids is 1. The summed E-state index contributed by atoms with van der Waals surface area (Å²) in [6.45, 7) is 7.12. The molecule has 0 aliphatic rings. The molecule has 0 spiro atoms. The average molecular weight is 180 g/mol. The van der Waals surface area contributed by atoms with Crippen LogP contribution in [0.3, 0.4) is 0 Å². The molecule has 0 rings (SSSR count). The lowest BCUT2D eigenvalue weighted by atomic mass is 10.1. The number of aliphatic hydroxyl groups is 1. The first-order chi connectivity index (χ1) is 6.11. The summed E-state index contributed by atoms with van der Waals surface area (Å²) < 4.78 is 0. The van der Waals surface area contributed by atoms with Gasteiger partial charge in [0, 0.05) is 12.0 Å². The summed E-state index contributed by atoms with van der Waals surface area (Å²) in [6.07, 6.45) is 5.56. The van der Waals surface area contributed by atoms with Crippen LogP contribution in [-0.4, -0.2) is 17.5 Å². The van der Waals surface area contributed by atoms with Crippen molar-refractivity contribution in [2.75, 3.05) is 6.61 Å². The van der Waals surface area contributed by atoms with Crippen molar-refractivity contribution >= 4 is 5.78 Å². The van der Waals surface area contributed by atoms with Crippen molar-refractivity contribution in [3.8, 4) is 0 Å². The molecule has 2 heteroatoms. The van der Waals surface area contributed by atoms with E-state index in [1.165, 1.54) is 0 Å². The molecule has 0 heterocycles. The van der Waals surface area contributed by atoms with Gasteiger partial charge in [0.25, 0.3) is 0 Å². The molecule has 72 valence electrons. The topological polar surface area (TPSA) is 37.3 Å². The zero-order valence-corrected chi connectivity index (χ0v) is 8.21. The van der Waals surface area contributed by atoms with Crippen LogP contribution in [0.15, 0.2) is 36.0 Å². The number of hydrogen-bond donors (Lipinski definition) is 1. The first kappa shape index (κ1) is 11.8. The van der Waals surface area contributed by atoms with Crippen LogP contribution in [0.2, 0.25) is 0 Å². The Labute approximate surface area is 79.3 Å². The van der Waals surface area contributed by atoms with E-state index < -0.39 is 0 Å². The number of carbonyl (C=O) groups is 1. The number of allylic oxidation sites excluding steroid dienone is 4. The molecule has 0 amide bonds. The Balaban J connectivity index is 4.39. The van der Waals surface area contributed by atoms with Gasteiger partial charge in [-0.25, -0.2) is 0 Å². The second-order valence-electron chi connectivity index (χ2n) is 2.83. The number of aliphatic hydroxyl groups excluding tert-OH is 1. The maximum absolute atomic E-state index is 11.1. The van der Waals surface area contributed by atoms with E-state index in [-0.39, 0.29) is 12.4 Å². The van der Waals surface area contributed by atoms with Gasteiger partial charge < -0.3 is 5.11 Å². The van der Waals surface area contributed by atoms with Crippen LogP contribution < -0.4 is 0 Å². The summed E-state index contributed by atoms with van der Waals surface area (Å²) in [5, 5.41) is 8.85. The fourth-order valence-corrected chi connectivity index (χ4v) is 0.789. The van der Waals surface area contributed by atoms with Gasteiger partial charge in [-0.3, -0.25) is 4.79 Å². The number of rotatable bonds is 5. The van der Waals surface area contributed by atoms with Crippen molar-refractivity contribution in [2.45, 2.75) is 20.3 Å². The van der Waals surface area contributed by atoms with Gasteiger partial charge in [-0.15, -0.1) is 0 Å². The zero-order valence-electron chi connectivity index (χ0n) is 8.21. The molecule has 0 aliphatic carbocycles. The van der Waals surface area contributed by atoms with Gasteiger partial charge in [0.05, 0.1) is 6.61 Å². The third-order valence-corrected chi connectivity index (χ3v) is 1.53. The average Bonchev–Trinajstić information content (AvgIpc) is 2.11. The highest BCUT2D eigenvalue weighted by Gasteiger charge is 2.02. The predicted molar refractivity (Wildman–Crippen MR) is 54.4 cm³/mol. The number of hydrogen-bond acceptors (Lipinski definition) is 2. The van der Waals surface area contributed by atoms with Crippen LogP contribution in [0.4, 0.5) is 0 Å². The van der Waals surface area contributed by atoms with E-state index in [0.29, 0.717) is 12.0 Å². The molecule has 0 atom stereocenters. The van der Waals surface area contributed by atoms with Crippen LogP contribution in [-0.2, 0) is 4.79 Å². The molecule has 0 aromatic heterocycles. The molecule has 0 radical (unpaired) electrons. The summed E-state index contributed by atoms with van der Waals surface area (Å²) in [6, 6.07) is 0. The molecule has 0 saturated heterocycles. The third-order valence-electron chi connectivity index (χ3n) is 1.53. The minimum Gasteiger partial charge on any atom is -0.392 e. The second kappa shape index (κ2) is 6.38. The number of ketones is 1. The van der Waals surface area contributed by atoms with E-state index in [1.807, 2.05) is 6.92 Å². The van der Waals surface area contributed by atoms with E-state index in [1.54, 1.807) is 25.2 Å². The molecule has 0 saturated carbocycles. The molecule has 0 bridgehead atoms. The van der Waals surface area contributed by atoms with Crippen molar-refractivity contribution in [3.63, 3.8) is 0 Å². The fourth-order valence-electron chi connectivity index (χ4n) is 0.789. The van der Waals surface area contributed by atoms with Crippen LogP contribution >= 0.6 is 0 Å². The minimum atomic E-state index is -0.201. The standard InChI is InChI=1S/C11H16O2/c1-4-11(13)10(8-12)7-5-6-9(2)3/h5-7,12H,2,4,8H2,1,3H3/b6-5-,10-7+. The highest BCUT2D eigenvalue weighted by Crippen LogP contribution is 2.00. The first-order valence-corrected chi connectivity index (χ1v) is 4.28. The van der Waals surface area contributed by atoms with E-state index in [9.17, 15) is 4.79 Å². The molecule has 0 aromatic carbocycles. The van der Waals surface area contributed by atoms with Gasteiger partial charge >= 0.3 is 0 Å². The van der Waals surface area contributed by atoms with Crippen LogP contribution in [0.25, 0.3) is 0 Å². The lowest BCUT2D eigenvalue weighted by molar-refractivity contribution is -0.115. The highest BCUT2D eigenvalue weighted by atomic mass is 16.3. The number of Topliss-reactive ketones (excluding diaryl/α,β-unsaturated/α-hetero) is 1. The van der Waals surface area contributed by atoms with Crippen molar-refractivity contribution in [3.05, 3.63) is 36.0 Å². The molecule has 2 nitrogen and oxygen atoms in total. The smallest absolute Gasteiger partial charge is 0.160 e. The monoisotopic (exact) mass is 180 g/mol. The van der Waals surface area contributed by atoms with Gasteiger partial charge in [0.1, 0.15) is 0 Å². The maximum Gasteiger partial charge on any atom is 0.160 e. The van der Waals surface area contributed by atoms with Gasteiger partial charge in [-0.1, -0.05) is 37.3 Å². The summed E-state index contributed by atoms with van der Waals surface area (Å²) in [5.74, 6) is -0.0196. The lowest BCUT2D eigenvalue weighted by Gasteiger charge is -1.97. The van der Waals surface area contributed by atoms with E-state index in [0.717, 1.165) is 5.57 Å². The predicted octanol–water partition coefficient (Wildman–Crippen LogP) is 2.02. The summed E-state index contributed by atoms with van der Waals surface area (Å²) in [4.78, 5) is 11.1. The fraction of sp³-hybridized carbons (Fsp3) is 0.364. The van der Waals surface area contributed by atoms with Crippen LogP contribution in [0.5, 0.6) is 0 Å². The molecular weight excluding hydrogens is 164 g/mol. The molecule has 1 N–H and O–H groups in total. The third kappa shape index (κ3) is 5.15. The summed E-state index contributed by atoms with van der Waals surface area (Å²) in [7, 11) is 0.